The van der Waals surface area contributed by atoms with Crippen LogP contribution in [0.4, 0.5) is 4.79 Å². The molecule has 0 unspecified atom stereocenters. The molecule has 0 saturated heterocycles. The maximum Gasteiger partial charge on any atom is 0.314 e. The highest BCUT2D eigenvalue weighted by Gasteiger charge is 2.20. The Bertz CT molecular complexity index is 758. The summed E-state index contributed by atoms with van der Waals surface area (Å²) in [6.45, 7) is 2.81. The lowest BCUT2D eigenvalue weighted by atomic mass is 9.97. The second-order valence-corrected chi connectivity index (χ2v) is 6.66. The maximum absolute atomic E-state index is 12.0. The number of carbonyl (C=O) groups is 1. The largest absolute Gasteiger partial charge is 0.493 e. The van der Waals surface area contributed by atoms with E-state index in [4.69, 9.17) is 4.74 Å². The number of nitrogens with zero attached hydrogens (tertiary/aromatic N) is 3. The number of ether oxygens (including phenoxy) is 1. The van der Waals surface area contributed by atoms with Gasteiger partial charge in [0.05, 0.1) is 6.61 Å². The Morgan fingerprint density at radius 1 is 1.28 bits per heavy atom. The molecule has 25 heavy (non-hydrogen) atoms. The second-order valence-electron chi connectivity index (χ2n) is 6.66. The summed E-state index contributed by atoms with van der Waals surface area (Å²) < 4.78 is 7.91. The van der Waals surface area contributed by atoms with Gasteiger partial charge in [0, 0.05) is 38.4 Å². The van der Waals surface area contributed by atoms with Gasteiger partial charge >= 0.3 is 6.03 Å². The van der Waals surface area contributed by atoms with E-state index in [2.05, 4.69) is 31.5 Å². The fourth-order valence-corrected chi connectivity index (χ4v) is 3.50. The van der Waals surface area contributed by atoms with E-state index in [0.717, 1.165) is 43.2 Å². The number of aromatic nitrogens is 3. The van der Waals surface area contributed by atoms with Crippen molar-refractivity contribution in [3.8, 4) is 5.75 Å². The van der Waals surface area contributed by atoms with Gasteiger partial charge in [0.2, 0.25) is 0 Å². The molecule has 7 nitrogen and oxygen atoms in total. The van der Waals surface area contributed by atoms with Crippen LogP contribution in [0.5, 0.6) is 5.75 Å². The summed E-state index contributed by atoms with van der Waals surface area (Å²) in [5.41, 5.74) is 1.21. The molecule has 1 atom stereocenters. The fraction of sp³-hybridized carbons (Fsp3) is 0.500. The van der Waals surface area contributed by atoms with Gasteiger partial charge in [0.25, 0.3) is 0 Å². The zero-order valence-corrected chi connectivity index (χ0v) is 14.2. The van der Waals surface area contributed by atoms with E-state index in [1.54, 1.807) is 0 Å². The highest BCUT2D eigenvalue weighted by molar-refractivity contribution is 5.73. The molecule has 2 aliphatic heterocycles. The molecule has 2 aliphatic rings. The van der Waals surface area contributed by atoms with E-state index in [-0.39, 0.29) is 6.03 Å². The van der Waals surface area contributed by atoms with E-state index in [9.17, 15) is 4.79 Å². The molecule has 0 spiro atoms. The van der Waals surface area contributed by atoms with Crippen molar-refractivity contribution in [2.45, 2.75) is 32.2 Å². The zero-order chi connectivity index (χ0) is 17.1. The number of para-hydroxylation sites is 1. The number of rotatable bonds is 5. The smallest absolute Gasteiger partial charge is 0.314 e. The second kappa shape index (κ2) is 7.13. The van der Waals surface area contributed by atoms with Crippen molar-refractivity contribution in [3.05, 3.63) is 41.5 Å². The summed E-state index contributed by atoms with van der Waals surface area (Å²) in [5.74, 6) is 3.30. The predicted octanol–water partition coefficient (Wildman–Crippen LogP) is 1.32. The third kappa shape index (κ3) is 3.60. The Morgan fingerprint density at radius 2 is 2.20 bits per heavy atom. The Hall–Kier alpha value is -2.57. The summed E-state index contributed by atoms with van der Waals surface area (Å²) >= 11 is 0. The first-order valence-corrected chi connectivity index (χ1v) is 8.93. The quantitative estimate of drug-likeness (QED) is 0.859. The van der Waals surface area contributed by atoms with Crippen molar-refractivity contribution in [3.63, 3.8) is 0 Å². The van der Waals surface area contributed by atoms with Crippen LogP contribution < -0.4 is 15.4 Å². The van der Waals surface area contributed by atoms with Crippen LogP contribution in [0.15, 0.2) is 24.3 Å². The van der Waals surface area contributed by atoms with Crippen molar-refractivity contribution in [1.29, 1.82) is 0 Å². The van der Waals surface area contributed by atoms with E-state index in [0.29, 0.717) is 32.0 Å². The monoisotopic (exact) mass is 341 g/mol. The molecule has 0 saturated carbocycles. The first-order chi connectivity index (χ1) is 12.3. The number of carbonyl (C=O) groups excluding carboxylic acids is 1. The van der Waals surface area contributed by atoms with Crippen molar-refractivity contribution in [2.24, 2.45) is 5.92 Å². The Morgan fingerprint density at radius 3 is 3.16 bits per heavy atom. The molecule has 1 aromatic heterocycles. The first-order valence-electron chi connectivity index (χ1n) is 8.93. The zero-order valence-electron chi connectivity index (χ0n) is 14.2. The number of urea groups is 1. The van der Waals surface area contributed by atoms with Crippen LogP contribution in [-0.2, 0) is 25.8 Å². The lowest BCUT2D eigenvalue weighted by Gasteiger charge is -2.25. The topological polar surface area (TPSA) is 81.1 Å². The number of hydrogen-bond acceptors (Lipinski definition) is 4. The highest BCUT2D eigenvalue weighted by Crippen LogP contribution is 2.26. The number of fused-ring (bicyclic) bond motifs is 2. The molecular weight excluding hydrogens is 318 g/mol. The normalized spacial score (nSPS) is 18.2. The van der Waals surface area contributed by atoms with E-state index in [1.165, 1.54) is 5.56 Å². The van der Waals surface area contributed by atoms with Gasteiger partial charge in [-0.05, 0) is 24.5 Å². The lowest BCUT2D eigenvalue weighted by Crippen LogP contribution is -2.41. The first kappa shape index (κ1) is 15.9. The minimum Gasteiger partial charge on any atom is -0.493 e. The summed E-state index contributed by atoms with van der Waals surface area (Å²) in [6.07, 6.45) is 3.79. The lowest BCUT2D eigenvalue weighted by molar-refractivity contribution is 0.211. The molecule has 1 aromatic carbocycles. The molecule has 7 heteroatoms. The van der Waals surface area contributed by atoms with Crippen molar-refractivity contribution in [2.75, 3.05) is 19.7 Å². The van der Waals surface area contributed by atoms with E-state index < -0.39 is 0 Å². The Kier molecular flexibility index (Phi) is 4.54. The molecule has 3 heterocycles. The maximum atomic E-state index is 12.0. The van der Waals surface area contributed by atoms with Gasteiger partial charge in [0.1, 0.15) is 17.4 Å². The molecule has 2 amide bonds. The van der Waals surface area contributed by atoms with Gasteiger partial charge in [-0.25, -0.2) is 4.79 Å². The number of hydrogen-bond donors (Lipinski definition) is 2. The molecular formula is C18H23N5O2. The average molecular weight is 341 g/mol. The summed E-state index contributed by atoms with van der Waals surface area (Å²) in [7, 11) is 0. The molecule has 4 rings (SSSR count). The molecule has 0 radical (unpaired) electrons. The third-order valence-corrected chi connectivity index (χ3v) is 4.83. The molecule has 0 aliphatic carbocycles. The van der Waals surface area contributed by atoms with Crippen LogP contribution in [0.25, 0.3) is 0 Å². The van der Waals surface area contributed by atoms with Crippen molar-refractivity contribution in [1.82, 2.24) is 25.4 Å². The molecule has 132 valence electrons. The Labute approximate surface area is 146 Å². The number of benzene rings is 1. The van der Waals surface area contributed by atoms with Gasteiger partial charge in [0.15, 0.2) is 0 Å². The average Bonchev–Trinajstić information content (AvgIpc) is 3.24. The van der Waals surface area contributed by atoms with E-state index in [1.807, 2.05) is 18.2 Å². The molecule has 2 N–H and O–H groups in total. The number of amides is 2. The van der Waals surface area contributed by atoms with Gasteiger partial charge in [-0.3, -0.25) is 0 Å². The third-order valence-electron chi connectivity index (χ3n) is 4.83. The standard InChI is InChI=1S/C18H23N5O2/c24-18(19-8-7-17-22-21-16-6-3-9-23(16)17)20-11-13-10-14-4-1-2-5-15(14)25-12-13/h1-2,4-5,13H,3,6-12H2,(H2,19,20,24)/t13-/m0/s1. The predicted molar refractivity (Wildman–Crippen MR) is 92.6 cm³/mol. The minimum atomic E-state index is -0.139. The highest BCUT2D eigenvalue weighted by atomic mass is 16.5. The van der Waals surface area contributed by atoms with Crippen LogP contribution in [0.2, 0.25) is 0 Å². The van der Waals surface area contributed by atoms with Gasteiger partial charge in [-0.2, -0.15) is 0 Å². The van der Waals surface area contributed by atoms with Gasteiger partial charge in [-0.15, -0.1) is 10.2 Å². The Balaban J connectivity index is 1.18. The molecule has 2 aromatic rings. The molecule has 0 bridgehead atoms. The van der Waals surface area contributed by atoms with E-state index >= 15 is 0 Å². The van der Waals surface area contributed by atoms with Gasteiger partial charge in [-0.1, -0.05) is 18.2 Å². The summed E-state index contributed by atoms with van der Waals surface area (Å²) in [4.78, 5) is 12.0. The summed E-state index contributed by atoms with van der Waals surface area (Å²) in [6, 6.07) is 7.94. The fourth-order valence-electron chi connectivity index (χ4n) is 3.50. The van der Waals surface area contributed by atoms with Crippen molar-refractivity contribution >= 4 is 6.03 Å². The minimum absolute atomic E-state index is 0.139. The number of nitrogens with one attached hydrogen (secondary N) is 2. The van der Waals surface area contributed by atoms with Crippen LogP contribution in [-0.4, -0.2) is 40.5 Å². The van der Waals surface area contributed by atoms with Crippen molar-refractivity contribution < 1.29 is 9.53 Å². The van der Waals surface area contributed by atoms with Crippen LogP contribution in [0.1, 0.15) is 23.6 Å². The number of aryl methyl sites for hydroxylation is 1. The SMILES string of the molecule is O=C(NCCc1nnc2n1CCC2)NC[C@H]1COc2ccccc2C1. The summed E-state index contributed by atoms with van der Waals surface area (Å²) in [5, 5.41) is 14.2. The van der Waals surface area contributed by atoms with Gasteiger partial charge < -0.3 is 19.9 Å². The van der Waals surface area contributed by atoms with Crippen LogP contribution in [0, 0.1) is 5.92 Å². The van der Waals surface area contributed by atoms with Crippen LogP contribution in [0.3, 0.4) is 0 Å². The molecule has 0 fully saturated rings. The van der Waals surface area contributed by atoms with Crippen LogP contribution >= 0.6 is 0 Å².